The summed E-state index contributed by atoms with van der Waals surface area (Å²) in [6, 6.07) is 7.10. The lowest BCUT2D eigenvalue weighted by Crippen LogP contribution is -2.23. The molecule has 1 aliphatic rings. The Bertz CT molecular complexity index is 922. The number of hydrogen-bond acceptors (Lipinski definition) is 3. The summed E-state index contributed by atoms with van der Waals surface area (Å²) in [6.07, 6.45) is 5.70. The number of nitrogens with zero attached hydrogens (tertiary/aromatic N) is 3. The van der Waals surface area contributed by atoms with Crippen LogP contribution in [-0.2, 0) is 0 Å². The third-order valence-corrected chi connectivity index (χ3v) is 4.56. The second-order valence-corrected chi connectivity index (χ2v) is 5.95. The van der Waals surface area contributed by atoms with Crippen LogP contribution < -0.4 is 4.90 Å². The van der Waals surface area contributed by atoms with E-state index in [2.05, 4.69) is 10.00 Å². The molecule has 4 nitrogen and oxygen atoms in total. The minimum absolute atomic E-state index is 0.217. The van der Waals surface area contributed by atoms with Gasteiger partial charge in [-0.3, -0.25) is 4.79 Å². The number of aromatic nitrogens is 2. The van der Waals surface area contributed by atoms with Gasteiger partial charge in [0.2, 0.25) is 0 Å². The van der Waals surface area contributed by atoms with Crippen molar-refractivity contribution >= 4 is 17.5 Å². The Hall–Kier alpha value is -2.76. The molecule has 1 aromatic carbocycles. The first-order valence-corrected chi connectivity index (χ1v) is 7.81. The fraction of sp³-hybridized carbons (Fsp3) is 0.222. The molecule has 4 rings (SSSR count). The molecule has 3 aromatic rings. The van der Waals surface area contributed by atoms with Crippen molar-refractivity contribution in [3.05, 3.63) is 65.5 Å². The van der Waals surface area contributed by atoms with Crippen LogP contribution in [0.2, 0.25) is 0 Å². The molecule has 2 aromatic heterocycles. The van der Waals surface area contributed by atoms with Gasteiger partial charge in [0.15, 0.2) is 6.29 Å². The summed E-state index contributed by atoms with van der Waals surface area (Å²) in [6.45, 7) is 0.751. The summed E-state index contributed by atoms with van der Waals surface area (Å²) >= 11 is 0. The van der Waals surface area contributed by atoms with Crippen LogP contribution in [-0.4, -0.2) is 22.4 Å². The third kappa shape index (κ3) is 2.35. The summed E-state index contributed by atoms with van der Waals surface area (Å²) in [4.78, 5) is 13.2. The first-order chi connectivity index (χ1) is 11.7. The number of benzene rings is 1. The maximum absolute atomic E-state index is 14.2. The van der Waals surface area contributed by atoms with Gasteiger partial charge in [-0.25, -0.2) is 13.3 Å². The van der Waals surface area contributed by atoms with E-state index in [4.69, 9.17) is 0 Å². The number of carbonyl (C=O) groups is 1. The highest BCUT2D eigenvalue weighted by Gasteiger charge is 2.29. The van der Waals surface area contributed by atoms with Gasteiger partial charge < -0.3 is 4.90 Å². The van der Waals surface area contributed by atoms with Crippen molar-refractivity contribution in [1.29, 1.82) is 0 Å². The topological polar surface area (TPSA) is 37.6 Å². The summed E-state index contributed by atoms with van der Waals surface area (Å²) in [5.41, 5.74) is 2.45. The molecule has 0 aliphatic carbocycles. The molecule has 24 heavy (non-hydrogen) atoms. The van der Waals surface area contributed by atoms with Gasteiger partial charge in [0.05, 0.1) is 23.3 Å². The predicted molar refractivity (Wildman–Crippen MR) is 86.3 cm³/mol. The Morgan fingerprint density at radius 3 is 2.92 bits per heavy atom. The van der Waals surface area contributed by atoms with Crippen LogP contribution >= 0.6 is 0 Å². The maximum atomic E-state index is 14.2. The second kappa shape index (κ2) is 5.70. The van der Waals surface area contributed by atoms with Crippen molar-refractivity contribution in [2.24, 2.45) is 0 Å². The molecule has 0 radical (unpaired) electrons. The molecule has 0 N–H and O–H groups in total. The number of halogens is 2. The van der Waals surface area contributed by atoms with E-state index in [-0.39, 0.29) is 6.04 Å². The number of rotatable bonds is 3. The van der Waals surface area contributed by atoms with E-state index >= 15 is 0 Å². The monoisotopic (exact) mass is 327 g/mol. The highest BCUT2D eigenvalue weighted by Crippen LogP contribution is 2.37. The Morgan fingerprint density at radius 2 is 2.08 bits per heavy atom. The van der Waals surface area contributed by atoms with E-state index in [0.29, 0.717) is 16.6 Å². The number of aldehydes is 1. The molecule has 122 valence electrons. The molecule has 0 bridgehead atoms. The highest BCUT2D eigenvalue weighted by atomic mass is 19.1. The van der Waals surface area contributed by atoms with Crippen molar-refractivity contribution < 1.29 is 13.6 Å². The van der Waals surface area contributed by atoms with Crippen molar-refractivity contribution in [3.8, 4) is 0 Å². The van der Waals surface area contributed by atoms with E-state index < -0.39 is 11.6 Å². The zero-order valence-electron chi connectivity index (χ0n) is 12.8. The van der Waals surface area contributed by atoms with Crippen LogP contribution in [0.1, 0.15) is 34.8 Å². The van der Waals surface area contributed by atoms with Gasteiger partial charge in [0.1, 0.15) is 11.6 Å². The predicted octanol–water partition coefficient (Wildman–Crippen LogP) is 3.77. The van der Waals surface area contributed by atoms with E-state index in [1.165, 1.54) is 18.3 Å². The number of anilines is 1. The van der Waals surface area contributed by atoms with Gasteiger partial charge in [-0.2, -0.15) is 5.10 Å². The number of pyridine rings is 1. The third-order valence-electron chi connectivity index (χ3n) is 4.56. The van der Waals surface area contributed by atoms with E-state index in [9.17, 15) is 13.6 Å². The highest BCUT2D eigenvalue weighted by molar-refractivity contribution is 5.86. The summed E-state index contributed by atoms with van der Waals surface area (Å²) in [5.74, 6) is -0.833. The van der Waals surface area contributed by atoms with E-state index in [0.717, 1.165) is 37.4 Å². The van der Waals surface area contributed by atoms with Crippen LogP contribution in [0.3, 0.4) is 0 Å². The van der Waals surface area contributed by atoms with Crippen LogP contribution in [0.15, 0.2) is 42.7 Å². The standard InChI is InChI=1S/C18H15F2N3O/c19-13-3-4-16(20)15(8-13)17-2-1-6-22(17)14-5-7-23-18(9-14)12(11-24)10-21-23/h3-5,7-11,17H,1-2,6H2. The summed E-state index contributed by atoms with van der Waals surface area (Å²) < 4.78 is 29.4. The fourth-order valence-electron chi connectivity index (χ4n) is 3.43. The first kappa shape index (κ1) is 14.8. The number of hydrogen-bond donors (Lipinski definition) is 0. The van der Waals surface area contributed by atoms with Gasteiger partial charge in [-0.1, -0.05) is 0 Å². The Kier molecular flexibility index (Phi) is 3.52. The zero-order valence-corrected chi connectivity index (χ0v) is 12.8. The molecule has 0 saturated carbocycles. The fourth-order valence-corrected chi connectivity index (χ4v) is 3.43. The summed E-state index contributed by atoms with van der Waals surface area (Å²) in [7, 11) is 0. The summed E-state index contributed by atoms with van der Waals surface area (Å²) in [5, 5.41) is 4.12. The van der Waals surface area contributed by atoms with Gasteiger partial charge in [0.25, 0.3) is 0 Å². The quantitative estimate of drug-likeness (QED) is 0.687. The number of fused-ring (bicyclic) bond motifs is 1. The molecule has 6 heteroatoms. The smallest absolute Gasteiger partial charge is 0.153 e. The van der Waals surface area contributed by atoms with Crippen molar-refractivity contribution in [2.75, 3.05) is 11.4 Å². The van der Waals surface area contributed by atoms with Gasteiger partial charge in [-0.05, 0) is 43.2 Å². The molecule has 1 fully saturated rings. The minimum Gasteiger partial charge on any atom is -0.364 e. The minimum atomic E-state index is -0.437. The normalized spacial score (nSPS) is 17.6. The second-order valence-electron chi connectivity index (χ2n) is 5.95. The zero-order chi connectivity index (χ0) is 16.7. The number of carbonyl (C=O) groups excluding carboxylic acids is 1. The van der Waals surface area contributed by atoms with Gasteiger partial charge in [0, 0.05) is 24.0 Å². The van der Waals surface area contributed by atoms with Crippen molar-refractivity contribution in [1.82, 2.24) is 9.61 Å². The van der Waals surface area contributed by atoms with Crippen LogP contribution in [0, 0.1) is 11.6 Å². The molecular formula is C18H15F2N3O. The van der Waals surface area contributed by atoms with Gasteiger partial charge in [-0.15, -0.1) is 0 Å². The molecule has 0 amide bonds. The molecule has 1 unspecified atom stereocenters. The molecular weight excluding hydrogens is 312 g/mol. The molecule has 1 saturated heterocycles. The van der Waals surface area contributed by atoms with E-state index in [1.54, 1.807) is 10.7 Å². The first-order valence-electron chi connectivity index (χ1n) is 7.81. The Morgan fingerprint density at radius 1 is 1.21 bits per heavy atom. The van der Waals surface area contributed by atoms with Crippen LogP contribution in [0.25, 0.3) is 5.52 Å². The van der Waals surface area contributed by atoms with Crippen molar-refractivity contribution in [2.45, 2.75) is 18.9 Å². The molecule has 1 atom stereocenters. The van der Waals surface area contributed by atoms with Crippen LogP contribution in [0.4, 0.5) is 14.5 Å². The lowest BCUT2D eigenvalue weighted by molar-refractivity contribution is 0.112. The lowest BCUT2D eigenvalue weighted by Gasteiger charge is -2.27. The lowest BCUT2D eigenvalue weighted by atomic mass is 10.0. The molecule has 1 aliphatic heterocycles. The van der Waals surface area contributed by atoms with Crippen LogP contribution in [0.5, 0.6) is 0 Å². The molecule has 0 spiro atoms. The van der Waals surface area contributed by atoms with Crippen molar-refractivity contribution in [3.63, 3.8) is 0 Å². The Labute approximate surface area is 137 Å². The maximum Gasteiger partial charge on any atom is 0.153 e. The Balaban J connectivity index is 1.77. The average Bonchev–Trinajstić information content (AvgIpc) is 3.22. The van der Waals surface area contributed by atoms with Gasteiger partial charge >= 0.3 is 0 Å². The molecule has 3 heterocycles. The SMILES string of the molecule is O=Cc1cnn2ccc(N3CCCC3c3cc(F)ccc3F)cc12. The average molecular weight is 327 g/mol. The van der Waals surface area contributed by atoms with E-state index in [1.807, 2.05) is 12.1 Å². The largest absolute Gasteiger partial charge is 0.364 e.